The number of hydrogen-bond donors (Lipinski definition) is 1. The molecule has 3 rings (SSSR count). The number of aromatic hydroxyl groups is 1. The molecule has 1 aliphatic carbocycles. The molecule has 5 nitrogen and oxygen atoms in total. The van der Waals surface area contributed by atoms with Gasteiger partial charge in [-0.15, -0.1) is 0 Å². The number of phenolic OH excluding ortho intramolecular Hbond substituents is 1. The van der Waals surface area contributed by atoms with E-state index in [1.165, 1.54) is 19.9 Å². The minimum absolute atomic E-state index is 0.0721. The summed E-state index contributed by atoms with van der Waals surface area (Å²) in [5.74, 6) is -1.47. The fourth-order valence-electron chi connectivity index (χ4n) is 2.98. The van der Waals surface area contributed by atoms with Crippen LogP contribution in [0.3, 0.4) is 0 Å². The van der Waals surface area contributed by atoms with Gasteiger partial charge >= 0.3 is 0 Å². The fourth-order valence-corrected chi connectivity index (χ4v) is 2.98. The van der Waals surface area contributed by atoms with Gasteiger partial charge in [-0.3, -0.25) is 14.4 Å². The van der Waals surface area contributed by atoms with Gasteiger partial charge in [0.15, 0.2) is 17.3 Å². The smallest absolute Gasteiger partial charge is 0.198 e. The van der Waals surface area contributed by atoms with E-state index in [4.69, 9.17) is 4.79 Å². The topological polar surface area (TPSA) is 88.5 Å². The fraction of sp³-hybridized carbons (Fsp3) is 0.200. The first-order chi connectivity index (χ1) is 11.7. The zero-order valence-corrected chi connectivity index (χ0v) is 14.5. The zero-order chi connectivity index (χ0) is 18.9. The molecule has 0 radical (unpaired) electrons. The molecule has 0 saturated carbocycles. The molecule has 0 spiro atoms. The van der Waals surface area contributed by atoms with Crippen molar-refractivity contribution in [3.05, 3.63) is 63.2 Å². The van der Waals surface area contributed by atoms with Crippen molar-refractivity contribution in [1.82, 2.24) is 0 Å². The summed E-state index contributed by atoms with van der Waals surface area (Å²) in [7, 11) is 0. The van der Waals surface area contributed by atoms with E-state index in [0.717, 1.165) is 11.8 Å². The Bertz CT molecular complexity index is 922. The quantitative estimate of drug-likeness (QED) is 0.544. The summed E-state index contributed by atoms with van der Waals surface area (Å²) < 4.78 is 0. The van der Waals surface area contributed by atoms with Gasteiger partial charge in [0.05, 0.1) is 11.1 Å². The van der Waals surface area contributed by atoms with Crippen molar-refractivity contribution in [3.8, 4) is 5.75 Å². The van der Waals surface area contributed by atoms with Crippen LogP contribution in [0, 0.1) is 13.8 Å². The average molecular weight is 338 g/mol. The van der Waals surface area contributed by atoms with Crippen molar-refractivity contribution in [2.24, 2.45) is 0 Å². The Morgan fingerprint density at radius 1 is 1.00 bits per heavy atom. The van der Waals surface area contributed by atoms with Crippen LogP contribution in [0.4, 0.5) is 0 Å². The van der Waals surface area contributed by atoms with E-state index in [2.05, 4.69) is 0 Å². The SMILES string of the molecule is CC(=O)c1c(C)cc2c(c1O)C(=O)c1ccc(C)cc1C2=O.CC=O. The number of hydrogen-bond acceptors (Lipinski definition) is 5. The molecule has 128 valence electrons. The van der Waals surface area contributed by atoms with Crippen molar-refractivity contribution >= 4 is 23.6 Å². The maximum absolute atomic E-state index is 12.6. The highest BCUT2D eigenvalue weighted by Gasteiger charge is 2.34. The molecule has 1 N–H and O–H groups in total. The number of phenols is 1. The van der Waals surface area contributed by atoms with Crippen LogP contribution in [0.1, 0.15) is 67.2 Å². The van der Waals surface area contributed by atoms with Crippen LogP contribution in [0.25, 0.3) is 0 Å². The summed E-state index contributed by atoms with van der Waals surface area (Å²) in [5, 5.41) is 10.4. The second-order valence-corrected chi connectivity index (χ2v) is 5.84. The van der Waals surface area contributed by atoms with Crippen molar-refractivity contribution in [2.75, 3.05) is 0 Å². The van der Waals surface area contributed by atoms with Crippen LogP contribution in [-0.2, 0) is 4.79 Å². The Kier molecular flexibility index (Phi) is 4.97. The summed E-state index contributed by atoms with van der Waals surface area (Å²) in [6, 6.07) is 6.51. The number of aryl methyl sites for hydroxylation is 2. The lowest BCUT2D eigenvalue weighted by Gasteiger charge is -2.21. The molecular weight excluding hydrogens is 320 g/mol. The lowest BCUT2D eigenvalue weighted by Crippen LogP contribution is -2.22. The Hall–Kier alpha value is -3.08. The third-order valence-electron chi connectivity index (χ3n) is 3.99. The molecule has 0 unspecified atom stereocenters. The van der Waals surface area contributed by atoms with E-state index in [1.54, 1.807) is 25.1 Å². The largest absolute Gasteiger partial charge is 0.506 e. The highest BCUT2D eigenvalue weighted by molar-refractivity contribution is 6.30. The van der Waals surface area contributed by atoms with E-state index in [-0.39, 0.29) is 33.8 Å². The maximum Gasteiger partial charge on any atom is 0.198 e. The third kappa shape index (κ3) is 3.01. The predicted molar refractivity (Wildman–Crippen MR) is 92.6 cm³/mol. The number of Topliss-reactive ketones (excluding diaryl/α,β-unsaturated/α-hetero) is 1. The van der Waals surface area contributed by atoms with Crippen LogP contribution >= 0.6 is 0 Å². The highest BCUT2D eigenvalue weighted by Crippen LogP contribution is 2.37. The van der Waals surface area contributed by atoms with Gasteiger partial charge < -0.3 is 9.90 Å². The summed E-state index contributed by atoms with van der Waals surface area (Å²) in [4.78, 5) is 45.8. The first kappa shape index (κ1) is 18.3. The number of ketones is 3. The van der Waals surface area contributed by atoms with Gasteiger partial charge in [0.25, 0.3) is 0 Å². The first-order valence-corrected chi connectivity index (χ1v) is 7.71. The van der Waals surface area contributed by atoms with Crippen molar-refractivity contribution in [1.29, 1.82) is 0 Å². The van der Waals surface area contributed by atoms with Crippen LogP contribution in [0.5, 0.6) is 5.75 Å². The molecule has 0 amide bonds. The molecule has 25 heavy (non-hydrogen) atoms. The second-order valence-electron chi connectivity index (χ2n) is 5.84. The van der Waals surface area contributed by atoms with E-state index in [9.17, 15) is 19.5 Å². The predicted octanol–water partition coefficient (Wildman–Crippen LogP) is 3.19. The lowest BCUT2D eigenvalue weighted by molar-refractivity contribution is -0.106. The Labute approximate surface area is 145 Å². The van der Waals surface area contributed by atoms with Gasteiger partial charge in [-0.25, -0.2) is 0 Å². The van der Waals surface area contributed by atoms with E-state index < -0.39 is 11.5 Å². The number of carbonyl (C=O) groups excluding carboxylic acids is 4. The number of benzene rings is 2. The molecule has 0 aliphatic heterocycles. The van der Waals surface area contributed by atoms with E-state index in [0.29, 0.717) is 11.1 Å². The molecular formula is C20H18O5. The van der Waals surface area contributed by atoms with Crippen LogP contribution in [0.2, 0.25) is 0 Å². The summed E-state index contributed by atoms with van der Waals surface area (Å²) in [5.41, 5.74) is 2.14. The Morgan fingerprint density at radius 2 is 1.60 bits per heavy atom. The van der Waals surface area contributed by atoms with E-state index in [1.807, 2.05) is 6.92 Å². The molecule has 2 aromatic carbocycles. The number of rotatable bonds is 1. The van der Waals surface area contributed by atoms with Gasteiger partial charge in [-0.1, -0.05) is 17.7 Å². The molecule has 2 aromatic rings. The summed E-state index contributed by atoms with van der Waals surface area (Å²) in [6.07, 6.45) is 0.750. The lowest BCUT2D eigenvalue weighted by atomic mass is 9.80. The second kappa shape index (κ2) is 6.81. The molecule has 0 heterocycles. The Balaban J connectivity index is 0.000000701. The molecule has 0 bridgehead atoms. The van der Waals surface area contributed by atoms with Gasteiger partial charge in [-0.2, -0.15) is 0 Å². The number of fused-ring (bicyclic) bond motifs is 2. The summed E-state index contributed by atoms with van der Waals surface area (Å²) >= 11 is 0. The van der Waals surface area contributed by atoms with Gasteiger partial charge in [0.2, 0.25) is 0 Å². The maximum atomic E-state index is 12.6. The molecule has 0 saturated heterocycles. The highest BCUT2D eigenvalue weighted by atomic mass is 16.3. The van der Waals surface area contributed by atoms with Crippen LogP contribution in [-0.4, -0.2) is 28.7 Å². The molecule has 0 atom stereocenters. The minimum atomic E-state index is -0.426. The molecule has 0 fully saturated rings. The molecule has 1 aliphatic rings. The molecule has 5 heteroatoms. The Morgan fingerprint density at radius 3 is 2.16 bits per heavy atom. The van der Waals surface area contributed by atoms with Crippen LogP contribution in [0.15, 0.2) is 24.3 Å². The summed E-state index contributed by atoms with van der Waals surface area (Å²) in [6.45, 7) is 6.25. The first-order valence-electron chi connectivity index (χ1n) is 7.71. The normalized spacial score (nSPS) is 11.8. The van der Waals surface area contributed by atoms with Crippen molar-refractivity contribution < 1.29 is 24.3 Å². The number of aldehydes is 1. The van der Waals surface area contributed by atoms with Crippen molar-refractivity contribution in [3.63, 3.8) is 0 Å². The van der Waals surface area contributed by atoms with E-state index >= 15 is 0 Å². The average Bonchev–Trinajstić information content (AvgIpc) is 2.52. The standard InChI is InChI=1S/C18H14O4.C2H4O/c1-8-4-5-11-12(6-8)16(20)13-7-9(2)14(10(3)19)18(22)15(13)17(11)21;1-2-3/h4-7,22H,1-3H3;2H,1H3. The molecule has 0 aromatic heterocycles. The van der Waals surface area contributed by atoms with Gasteiger partial charge in [0.1, 0.15) is 12.0 Å². The minimum Gasteiger partial charge on any atom is -0.506 e. The zero-order valence-electron chi connectivity index (χ0n) is 14.5. The van der Waals surface area contributed by atoms with Gasteiger partial charge in [0, 0.05) is 16.7 Å². The van der Waals surface area contributed by atoms with Crippen molar-refractivity contribution in [2.45, 2.75) is 27.7 Å². The van der Waals surface area contributed by atoms with Gasteiger partial charge in [-0.05, 0) is 45.4 Å². The monoisotopic (exact) mass is 338 g/mol. The number of carbonyl (C=O) groups is 4. The third-order valence-corrected chi connectivity index (χ3v) is 3.99. The van der Waals surface area contributed by atoms with Crippen LogP contribution < -0.4 is 0 Å².